The van der Waals surface area contributed by atoms with Crippen molar-refractivity contribution in [3.05, 3.63) is 42.0 Å². The van der Waals surface area contributed by atoms with Gasteiger partial charge in [0.05, 0.1) is 12.7 Å². The van der Waals surface area contributed by atoms with Crippen molar-refractivity contribution in [1.29, 1.82) is 0 Å². The fraction of sp³-hybridized carbons (Fsp3) is 0.500. The molecular formula is C16H22O. The lowest BCUT2D eigenvalue weighted by molar-refractivity contribution is 0.139. The number of benzene rings is 1. The normalized spacial score (nSPS) is 20.1. The van der Waals surface area contributed by atoms with E-state index in [2.05, 4.69) is 58.5 Å². The topological polar surface area (TPSA) is 12.5 Å². The van der Waals surface area contributed by atoms with Gasteiger partial charge < -0.3 is 4.74 Å². The summed E-state index contributed by atoms with van der Waals surface area (Å²) in [4.78, 5) is 0. The summed E-state index contributed by atoms with van der Waals surface area (Å²) in [6.07, 6.45) is 2.28. The molecule has 1 fully saturated rings. The molecule has 1 saturated heterocycles. The standard InChI is InChI=1S/C16H22O/c1-6-12-7-9-13(10-8-12)15(2,3)16(4,5)14-11-17-14/h6-10,14H,1,11H2,2-5H3. The maximum absolute atomic E-state index is 5.51. The van der Waals surface area contributed by atoms with Gasteiger partial charge in [-0.15, -0.1) is 0 Å². The van der Waals surface area contributed by atoms with Crippen LogP contribution in [-0.4, -0.2) is 12.7 Å². The molecule has 17 heavy (non-hydrogen) atoms. The highest BCUT2D eigenvalue weighted by Crippen LogP contribution is 2.48. The van der Waals surface area contributed by atoms with Crippen LogP contribution in [0.5, 0.6) is 0 Å². The molecular weight excluding hydrogens is 208 g/mol. The summed E-state index contributed by atoms with van der Waals surface area (Å²) in [5.74, 6) is 0. The number of rotatable bonds is 4. The van der Waals surface area contributed by atoms with E-state index in [0.717, 1.165) is 6.61 Å². The average Bonchev–Trinajstić information content (AvgIpc) is 3.13. The molecule has 0 radical (unpaired) electrons. The Bertz CT molecular complexity index is 408. The molecule has 1 aromatic carbocycles. The SMILES string of the molecule is C=Cc1ccc(C(C)(C)C(C)(C)C2CO2)cc1. The van der Waals surface area contributed by atoms with Crippen LogP contribution in [0.4, 0.5) is 0 Å². The predicted octanol–water partition coefficient (Wildman–Crippen LogP) is 4.03. The van der Waals surface area contributed by atoms with E-state index in [1.807, 2.05) is 6.08 Å². The third-order valence-corrected chi connectivity index (χ3v) is 4.62. The van der Waals surface area contributed by atoms with Crippen molar-refractivity contribution >= 4 is 6.08 Å². The highest BCUT2D eigenvalue weighted by Gasteiger charge is 2.49. The van der Waals surface area contributed by atoms with Crippen molar-refractivity contribution < 1.29 is 4.74 Å². The third kappa shape index (κ3) is 2.04. The van der Waals surface area contributed by atoms with Gasteiger partial charge in [0.2, 0.25) is 0 Å². The van der Waals surface area contributed by atoms with Crippen LogP contribution < -0.4 is 0 Å². The van der Waals surface area contributed by atoms with Crippen molar-refractivity contribution in [1.82, 2.24) is 0 Å². The lowest BCUT2D eigenvalue weighted by atomic mass is 9.62. The molecule has 2 rings (SSSR count). The first kappa shape index (κ1) is 12.4. The summed E-state index contributed by atoms with van der Waals surface area (Å²) in [6, 6.07) is 8.68. The average molecular weight is 230 g/mol. The summed E-state index contributed by atoms with van der Waals surface area (Å²) in [5, 5.41) is 0. The Kier molecular flexibility index (Phi) is 2.90. The maximum atomic E-state index is 5.51. The monoisotopic (exact) mass is 230 g/mol. The first-order valence-electron chi connectivity index (χ1n) is 6.24. The molecule has 1 nitrogen and oxygen atoms in total. The molecule has 0 spiro atoms. The van der Waals surface area contributed by atoms with Gasteiger partial charge in [0.25, 0.3) is 0 Å². The molecule has 1 unspecified atom stereocenters. The van der Waals surface area contributed by atoms with E-state index in [4.69, 9.17) is 4.74 Å². The van der Waals surface area contributed by atoms with E-state index in [1.54, 1.807) is 0 Å². The highest BCUT2D eigenvalue weighted by atomic mass is 16.6. The summed E-state index contributed by atoms with van der Waals surface area (Å²) in [6.45, 7) is 13.9. The smallest absolute Gasteiger partial charge is 0.0869 e. The molecule has 92 valence electrons. The van der Waals surface area contributed by atoms with Crippen LogP contribution in [0.1, 0.15) is 38.8 Å². The summed E-state index contributed by atoms with van der Waals surface area (Å²) >= 11 is 0. The van der Waals surface area contributed by atoms with E-state index < -0.39 is 0 Å². The van der Waals surface area contributed by atoms with Gasteiger partial charge in [0.1, 0.15) is 0 Å². The second kappa shape index (κ2) is 3.99. The predicted molar refractivity (Wildman–Crippen MR) is 73.1 cm³/mol. The second-order valence-electron chi connectivity index (χ2n) is 5.99. The highest BCUT2D eigenvalue weighted by molar-refractivity contribution is 5.48. The minimum Gasteiger partial charge on any atom is -0.373 e. The molecule has 0 saturated carbocycles. The van der Waals surface area contributed by atoms with E-state index in [1.165, 1.54) is 11.1 Å². The molecule has 0 aliphatic carbocycles. The van der Waals surface area contributed by atoms with Crippen LogP contribution >= 0.6 is 0 Å². The Morgan fingerprint density at radius 3 is 2.12 bits per heavy atom. The van der Waals surface area contributed by atoms with Crippen LogP contribution in [0.3, 0.4) is 0 Å². The van der Waals surface area contributed by atoms with Gasteiger partial charge in [-0.2, -0.15) is 0 Å². The zero-order chi connectivity index (χ0) is 12.7. The molecule has 1 aliphatic heterocycles. The van der Waals surface area contributed by atoms with Crippen molar-refractivity contribution in [2.24, 2.45) is 5.41 Å². The molecule has 1 atom stereocenters. The Morgan fingerprint density at radius 1 is 1.18 bits per heavy atom. The molecule has 1 aliphatic rings. The number of hydrogen-bond donors (Lipinski definition) is 0. The second-order valence-corrected chi connectivity index (χ2v) is 5.99. The lowest BCUT2D eigenvalue weighted by Gasteiger charge is -2.41. The van der Waals surface area contributed by atoms with Gasteiger partial charge in [-0.3, -0.25) is 0 Å². The van der Waals surface area contributed by atoms with Gasteiger partial charge >= 0.3 is 0 Å². The summed E-state index contributed by atoms with van der Waals surface area (Å²) in [7, 11) is 0. The van der Waals surface area contributed by atoms with Crippen LogP contribution in [-0.2, 0) is 10.2 Å². The van der Waals surface area contributed by atoms with Crippen LogP contribution in [0, 0.1) is 5.41 Å². The van der Waals surface area contributed by atoms with Gasteiger partial charge in [0.15, 0.2) is 0 Å². The largest absolute Gasteiger partial charge is 0.373 e. The minimum absolute atomic E-state index is 0.105. The zero-order valence-corrected chi connectivity index (χ0v) is 11.3. The Balaban J connectivity index is 2.32. The van der Waals surface area contributed by atoms with E-state index in [0.29, 0.717) is 6.10 Å². The van der Waals surface area contributed by atoms with Crippen LogP contribution in [0.2, 0.25) is 0 Å². The van der Waals surface area contributed by atoms with Gasteiger partial charge in [0, 0.05) is 5.41 Å². The van der Waals surface area contributed by atoms with Crippen molar-refractivity contribution in [2.75, 3.05) is 6.61 Å². The number of hydrogen-bond acceptors (Lipinski definition) is 1. The lowest BCUT2D eigenvalue weighted by Crippen LogP contribution is -2.40. The molecule has 1 aromatic rings. The maximum Gasteiger partial charge on any atom is 0.0869 e. The molecule has 0 bridgehead atoms. The summed E-state index contributed by atoms with van der Waals surface area (Å²) < 4.78 is 5.51. The van der Waals surface area contributed by atoms with Crippen molar-refractivity contribution in [2.45, 2.75) is 39.2 Å². The van der Waals surface area contributed by atoms with Crippen LogP contribution in [0.25, 0.3) is 6.08 Å². The quantitative estimate of drug-likeness (QED) is 0.711. The van der Waals surface area contributed by atoms with E-state index >= 15 is 0 Å². The third-order valence-electron chi connectivity index (χ3n) is 4.62. The van der Waals surface area contributed by atoms with E-state index in [-0.39, 0.29) is 10.8 Å². The Hall–Kier alpha value is -1.08. The number of ether oxygens (including phenoxy) is 1. The molecule has 0 N–H and O–H groups in total. The Labute approximate surface area is 104 Å². The first-order valence-corrected chi connectivity index (χ1v) is 6.24. The van der Waals surface area contributed by atoms with Crippen LogP contribution in [0.15, 0.2) is 30.8 Å². The van der Waals surface area contributed by atoms with Gasteiger partial charge in [-0.1, -0.05) is 64.6 Å². The first-order chi connectivity index (χ1) is 7.89. The minimum atomic E-state index is 0.105. The summed E-state index contributed by atoms with van der Waals surface area (Å²) in [5.41, 5.74) is 2.80. The molecule has 0 amide bonds. The van der Waals surface area contributed by atoms with Crippen molar-refractivity contribution in [3.8, 4) is 0 Å². The van der Waals surface area contributed by atoms with Crippen molar-refractivity contribution in [3.63, 3.8) is 0 Å². The molecule has 0 aromatic heterocycles. The fourth-order valence-electron chi connectivity index (χ4n) is 2.28. The fourth-order valence-corrected chi connectivity index (χ4v) is 2.28. The molecule has 1 heterocycles. The van der Waals surface area contributed by atoms with Gasteiger partial charge in [-0.25, -0.2) is 0 Å². The molecule has 1 heteroatoms. The van der Waals surface area contributed by atoms with Gasteiger partial charge in [-0.05, 0) is 16.5 Å². The Morgan fingerprint density at radius 2 is 1.71 bits per heavy atom. The number of epoxide rings is 1. The zero-order valence-electron chi connectivity index (χ0n) is 11.3. The van der Waals surface area contributed by atoms with E-state index in [9.17, 15) is 0 Å².